The highest BCUT2D eigenvalue weighted by Gasteiger charge is 2.40. The molecule has 0 aromatic carbocycles. The number of hydrogen-bond donors (Lipinski definition) is 2. The molecule has 2 N–H and O–H groups in total. The van der Waals surface area contributed by atoms with Gasteiger partial charge in [0, 0.05) is 18.4 Å². The lowest BCUT2D eigenvalue weighted by molar-refractivity contribution is -0.137. The Morgan fingerprint density at radius 1 is 1.21 bits per heavy atom. The second-order valence-corrected chi connectivity index (χ2v) is 8.21. The van der Waals surface area contributed by atoms with Gasteiger partial charge in [0.2, 0.25) is 0 Å². The van der Waals surface area contributed by atoms with Crippen LogP contribution in [0.25, 0.3) is 0 Å². The molecule has 1 aliphatic rings. The Bertz CT molecular complexity index is 487. The maximum Gasteiger partial charge on any atom is 0.330 e. The van der Waals surface area contributed by atoms with Gasteiger partial charge in [-0.25, -0.2) is 4.79 Å². The number of carbonyl (C=O) groups is 2. The molecule has 0 saturated heterocycles. The van der Waals surface area contributed by atoms with Crippen molar-refractivity contribution in [1.82, 2.24) is 0 Å². The topological polar surface area (TPSA) is 83.8 Å². The number of hydrogen-bond acceptors (Lipinski definition) is 5. The molecule has 162 valence electrons. The molecule has 5 nitrogen and oxygen atoms in total. The molecule has 0 bridgehead atoms. The summed E-state index contributed by atoms with van der Waals surface area (Å²) in [6, 6.07) is 0. The third kappa shape index (κ3) is 8.87. The maximum atomic E-state index is 12.3. The third-order valence-corrected chi connectivity index (χ3v) is 5.95. The highest BCUT2D eigenvalue weighted by atomic mass is 16.5. The molecule has 0 aromatic heterocycles. The highest BCUT2D eigenvalue weighted by molar-refractivity contribution is 5.84. The number of carbonyl (C=O) groups excluding carboxylic acids is 2. The largest absolute Gasteiger partial charge is 0.463 e. The molecular weight excluding hydrogens is 356 g/mol. The number of rotatable bonds is 14. The van der Waals surface area contributed by atoms with E-state index in [0.717, 1.165) is 57.8 Å². The fourth-order valence-electron chi connectivity index (χ4n) is 4.28. The zero-order valence-corrected chi connectivity index (χ0v) is 17.9. The van der Waals surface area contributed by atoms with Gasteiger partial charge in [-0.15, -0.1) is 0 Å². The number of esters is 1. The first kappa shape index (κ1) is 24.8. The molecule has 5 atom stereocenters. The number of aliphatic hydroxyl groups excluding tert-OH is 2. The van der Waals surface area contributed by atoms with Crippen LogP contribution in [0.15, 0.2) is 12.2 Å². The Morgan fingerprint density at radius 2 is 1.96 bits per heavy atom. The van der Waals surface area contributed by atoms with Crippen LogP contribution in [-0.2, 0) is 14.3 Å². The fourth-order valence-corrected chi connectivity index (χ4v) is 4.28. The van der Waals surface area contributed by atoms with Crippen LogP contribution in [0, 0.1) is 17.8 Å². The van der Waals surface area contributed by atoms with Crippen molar-refractivity contribution >= 4 is 11.8 Å². The summed E-state index contributed by atoms with van der Waals surface area (Å²) in [6.07, 6.45) is 10.6. The minimum Gasteiger partial charge on any atom is -0.463 e. The van der Waals surface area contributed by atoms with Crippen molar-refractivity contribution < 1.29 is 24.5 Å². The number of ether oxygens (including phenoxy) is 1. The van der Waals surface area contributed by atoms with Crippen LogP contribution < -0.4 is 0 Å². The lowest BCUT2D eigenvalue weighted by atomic mass is 9.84. The van der Waals surface area contributed by atoms with Gasteiger partial charge in [-0.05, 0) is 57.3 Å². The summed E-state index contributed by atoms with van der Waals surface area (Å²) in [5.41, 5.74) is 0. The predicted octanol–water partition coefficient (Wildman–Crippen LogP) is 4.20. The van der Waals surface area contributed by atoms with Gasteiger partial charge >= 0.3 is 5.97 Å². The van der Waals surface area contributed by atoms with E-state index in [-0.39, 0.29) is 36.1 Å². The third-order valence-electron chi connectivity index (χ3n) is 5.95. The Hall–Kier alpha value is -1.20. The van der Waals surface area contributed by atoms with Gasteiger partial charge in [0.1, 0.15) is 5.78 Å². The van der Waals surface area contributed by atoms with Crippen LogP contribution in [0.3, 0.4) is 0 Å². The summed E-state index contributed by atoms with van der Waals surface area (Å²) in [5, 5.41) is 20.5. The molecule has 1 aliphatic carbocycles. The average molecular weight is 397 g/mol. The molecule has 1 fully saturated rings. The van der Waals surface area contributed by atoms with Gasteiger partial charge in [0.25, 0.3) is 0 Å². The molecule has 0 aromatic rings. The summed E-state index contributed by atoms with van der Waals surface area (Å²) < 4.78 is 4.84. The van der Waals surface area contributed by atoms with Crippen molar-refractivity contribution in [2.45, 2.75) is 97.2 Å². The molecule has 28 heavy (non-hydrogen) atoms. The molecular formula is C23H40O5. The van der Waals surface area contributed by atoms with Gasteiger partial charge in [0.15, 0.2) is 0 Å². The second kappa shape index (κ2) is 13.9. The maximum absolute atomic E-state index is 12.3. The van der Waals surface area contributed by atoms with E-state index in [1.165, 1.54) is 6.08 Å². The van der Waals surface area contributed by atoms with Gasteiger partial charge in [-0.3, -0.25) is 4.79 Å². The number of allylic oxidation sites excluding steroid dienone is 1. The average Bonchev–Trinajstić information content (AvgIpc) is 2.91. The van der Waals surface area contributed by atoms with Crippen molar-refractivity contribution in [2.75, 3.05) is 6.61 Å². The van der Waals surface area contributed by atoms with E-state index in [0.29, 0.717) is 12.5 Å². The van der Waals surface area contributed by atoms with Crippen molar-refractivity contribution in [3.05, 3.63) is 12.2 Å². The minimum absolute atomic E-state index is 0.0243. The smallest absolute Gasteiger partial charge is 0.330 e. The molecule has 0 spiro atoms. The molecule has 5 heteroatoms. The molecule has 0 radical (unpaired) electrons. The van der Waals surface area contributed by atoms with E-state index in [1.807, 2.05) is 6.08 Å². The van der Waals surface area contributed by atoms with Crippen LogP contribution in [0.2, 0.25) is 0 Å². The molecule has 1 saturated carbocycles. The summed E-state index contributed by atoms with van der Waals surface area (Å²) in [6.45, 7) is 6.37. The summed E-state index contributed by atoms with van der Waals surface area (Å²) in [5.74, 6) is 0.135. The zero-order chi connectivity index (χ0) is 20.9. The molecule has 2 unspecified atom stereocenters. The van der Waals surface area contributed by atoms with Gasteiger partial charge in [-0.1, -0.05) is 39.2 Å². The van der Waals surface area contributed by atoms with E-state index >= 15 is 0 Å². The van der Waals surface area contributed by atoms with Gasteiger partial charge in [-0.2, -0.15) is 0 Å². The van der Waals surface area contributed by atoms with Crippen LogP contribution >= 0.6 is 0 Å². The van der Waals surface area contributed by atoms with Crippen LogP contribution in [-0.4, -0.2) is 40.8 Å². The first-order chi connectivity index (χ1) is 13.4. The number of aliphatic hydroxyl groups is 2. The Morgan fingerprint density at radius 3 is 2.64 bits per heavy atom. The summed E-state index contributed by atoms with van der Waals surface area (Å²) >= 11 is 0. The van der Waals surface area contributed by atoms with Gasteiger partial charge in [0.05, 0.1) is 18.8 Å². The second-order valence-electron chi connectivity index (χ2n) is 8.21. The van der Waals surface area contributed by atoms with E-state index in [1.54, 1.807) is 6.92 Å². The SMILES string of the molecule is CCCC(C)C(O)CCC[C@H]1[C@H](O)CC(=O)[C@@H]1CCCCC=CC(=O)OCC. The number of unbranched alkanes of at least 4 members (excludes halogenated alkanes) is 2. The van der Waals surface area contributed by atoms with Crippen LogP contribution in [0.1, 0.15) is 85.0 Å². The van der Waals surface area contributed by atoms with E-state index < -0.39 is 6.10 Å². The molecule has 0 heterocycles. The first-order valence-electron chi connectivity index (χ1n) is 11.1. The van der Waals surface area contributed by atoms with Crippen LogP contribution in [0.5, 0.6) is 0 Å². The van der Waals surface area contributed by atoms with Crippen molar-refractivity contribution in [3.8, 4) is 0 Å². The number of ketones is 1. The lowest BCUT2D eigenvalue weighted by Crippen LogP contribution is -2.22. The van der Waals surface area contributed by atoms with E-state index in [2.05, 4.69) is 13.8 Å². The van der Waals surface area contributed by atoms with Crippen molar-refractivity contribution in [2.24, 2.45) is 17.8 Å². The fraction of sp³-hybridized carbons (Fsp3) is 0.826. The standard InChI is InChI=1S/C23H40O5/c1-4-11-17(3)20(24)14-10-13-19-18(21(25)16-22(19)26)12-8-6-7-9-15-23(27)28-5-2/h9,15,17-20,22,24,26H,4-8,10-14,16H2,1-3H3/t17?,18-,19-,20?,22-/m1/s1. The van der Waals surface area contributed by atoms with Crippen molar-refractivity contribution in [3.63, 3.8) is 0 Å². The lowest BCUT2D eigenvalue weighted by Gasteiger charge is -2.23. The molecule has 0 amide bonds. The van der Waals surface area contributed by atoms with Crippen molar-refractivity contribution in [1.29, 1.82) is 0 Å². The quantitative estimate of drug-likeness (QED) is 0.261. The molecule has 1 rings (SSSR count). The Balaban J connectivity index is 2.34. The highest BCUT2D eigenvalue weighted by Crippen LogP contribution is 2.36. The molecule has 0 aliphatic heterocycles. The van der Waals surface area contributed by atoms with E-state index in [4.69, 9.17) is 4.74 Å². The monoisotopic (exact) mass is 396 g/mol. The Labute approximate surface area is 170 Å². The number of Topliss-reactive ketones (excluding diaryl/α,β-unsaturated/α-hetero) is 1. The summed E-state index contributed by atoms with van der Waals surface area (Å²) in [7, 11) is 0. The zero-order valence-electron chi connectivity index (χ0n) is 17.9. The summed E-state index contributed by atoms with van der Waals surface area (Å²) in [4.78, 5) is 23.5. The van der Waals surface area contributed by atoms with Gasteiger partial charge < -0.3 is 14.9 Å². The predicted molar refractivity (Wildman–Crippen MR) is 111 cm³/mol. The first-order valence-corrected chi connectivity index (χ1v) is 11.1. The minimum atomic E-state index is -0.536. The van der Waals surface area contributed by atoms with Crippen LogP contribution in [0.4, 0.5) is 0 Å². The Kier molecular flexibility index (Phi) is 12.3. The normalized spacial score (nSPS) is 24.6. The van der Waals surface area contributed by atoms with E-state index in [9.17, 15) is 19.8 Å².